The quantitative estimate of drug-likeness (QED) is 0.894. The van der Waals surface area contributed by atoms with Crippen molar-refractivity contribution in [2.75, 3.05) is 5.32 Å². The fourth-order valence-corrected chi connectivity index (χ4v) is 2.87. The van der Waals surface area contributed by atoms with Crippen molar-refractivity contribution in [3.63, 3.8) is 0 Å². The van der Waals surface area contributed by atoms with Gasteiger partial charge < -0.3 is 15.5 Å². The Morgan fingerprint density at radius 1 is 1.32 bits per heavy atom. The van der Waals surface area contributed by atoms with Crippen molar-refractivity contribution >= 4 is 11.7 Å². The van der Waals surface area contributed by atoms with Gasteiger partial charge in [0.05, 0.1) is 5.56 Å². The van der Waals surface area contributed by atoms with Gasteiger partial charge in [-0.05, 0) is 37.8 Å². The summed E-state index contributed by atoms with van der Waals surface area (Å²) in [5.74, 6) is 1.75. The molecule has 0 unspecified atom stereocenters. The van der Waals surface area contributed by atoms with Crippen LogP contribution in [0.3, 0.4) is 0 Å². The van der Waals surface area contributed by atoms with Gasteiger partial charge in [-0.3, -0.25) is 4.79 Å². The summed E-state index contributed by atoms with van der Waals surface area (Å²) in [6.07, 6.45) is 5.51. The number of primary amides is 1. The first-order chi connectivity index (χ1) is 10.6. The highest BCUT2D eigenvalue weighted by molar-refractivity contribution is 5.97. The number of pyridine rings is 1. The lowest BCUT2D eigenvalue weighted by Gasteiger charge is -2.28. The van der Waals surface area contributed by atoms with Gasteiger partial charge in [-0.1, -0.05) is 0 Å². The Balaban J connectivity index is 1.62. The minimum Gasteiger partial charge on any atom is -0.425 e. The van der Waals surface area contributed by atoms with Crippen LogP contribution < -0.4 is 11.1 Å². The van der Waals surface area contributed by atoms with Gasteiger partial charge in [0.2, 0.25) is 11.8 Å². The predicted molar refractivity (Wildman–Crippen MR) is 80.4 cm³/mol. The standard InChI is InChI=1S/C15H19N5O2/c1-9-19-20-15(22-9)10-4-6-11(7-5-10)18-14-12(13(16)21)3-2-8-17-14/h2-3,8,10-11H,4-7H2,1H3,(H2,16,21)(H,17,18). The molecule has 1 aliphatic rings. The van der Waals surface area contributed by atoms with E-state index >= 15 is 0 Å². The van der Waals surface area contributed by atoms with Crippen molar-refractivity contribution in [2.24, 2.45) is 5.73 Å². The fraction of sp³-hybridized carbons (Fsp3) is 0.467. The van der Waals surface area contributed by atoms with E-state index in [0.717, 1.165) is 31.6 Å². The summed E-state index contributed by atoms with van der Waals surface area (Å²) in [6.45, 7) is 1.80. The van der Waals surface area contributed by atoms with Gasteiger partial charge >= 0.3 is 0 Å². The maximum Gasteiger partial charge on any atom is 0.252 e. The summed E-state index contributed by atoms with van der Waals surface area (Å²) < 4.78 is 5.51. The summed E-state index contributed by atoms with van der Waals surface area (Å²) in [7, 11) is 0. The minimum absolute atomic E-state index is 0.272. The second-order valence-electron chi connectivity index (χ2n) is 5.62. The molecule has 1 fully saturated rings. The van der Waals surface area contributed by atoms with Crippen LogP contribution >= 0.6 is 0 Å². The molecular weight excluding hydrogens is 282 g/mol. The van der Waals surface area contributed by atoms with Gasteiger partial charge in [-0.25, -0.2) is 4.98 Å². The van der Waals surface area contributed by atoms with Crippen LogP contribution in [0.2, 0.25) is 0 Å². The molecular formula is C15H19N5O2. The molecule has 2 heterocycles. The molecule has 0 radical (unpaired) electrons. The third-order valence-electron chi connectivity index (χ3n) is 4.03. The van der Waals surface area contributed by atoms with Crippen molar-refractivity contribution in [1.29, 1.82) is 0 Å². The minimum atomic E-state index is -0.467. The molecule has 1 amide bonds. The first-order valence-electron chi connectivity index (χ1n) is 7.45. The van der Waals surface area contributed by atoms with Crippen LogP contribution in [0.1, 0.15) is 53.7 Å². The fourth-order valence-electron chi connectivity index (χ4n) is 2.87. The highest BCUT2D eigenvalue weighted by Crippen LogP contribution is 2.33. The van der Waals surface area contributed by atoms with E-state index in [1.54, 1.807) is 25.3 Å². The van der Waals surface area contributed by atoms with Crippen LogP contribution in [0.4, 0.5) is 5.82 Å². The van der Waals surface area contributed by atoms with Gasteiger partial charge in [0.25, 0.3) is 5.91 Å². The molecule has 0 aromatic carbocycles. The molecule has 2 aromatic heterocycles. The van der Waals surface area contributed by atoms with Gasteiger partial charge in [0, 0.05) is 25.1 Å². The molecule has 0 bridgehead atoms. The number of aromatic nitrogens is 3. The smallest absolute Gasteiger partial charge is 0.252 e. The summed E-state index contributed by atoms with van der Waals surface area (Å²) in [6, 6.07) is 3.66. The number of rotatable bonds is 4. The molecule has 0 saturated heterocycles. The maximum atomic E-state index is 11.4. The molecule has 7 nitrogen and oxygen atoms in total. The number of nitrogens with two attached hydrogens (primary N) is 1. The molecule has 3 N–H and O–H groups in total. The number of carbonyl (C=O) groups is 1. The Bertz CT molecular complexity index is 661. The maximum absolute atomic E-state index is 11.4. The van der Waals surface area contributed by atoms with E-state index in [9.17, 15) is 4.79 Å². The lowest BCUT2D eigenvalue weighted by Crippen LogP contribution is -2.27. The van der Waals surface area contributed by atoms with Crippen LogP contribution in [0.5, 0.6) is 0 Å². The van der Waals surface area contributed by atoms with E-state index in [0.29, 0.717) is 23.2 Å². The van der Waals surface area contributed by atoms with Crippen LogP contribution in [0.25, 0.3) is 0 Å². The SMILES string of the molecule is Cc1nnc(C2CCC(Nc3ncccc3C(N)=O)CC2)o1. The Morgan fingerprint density at radius 3 is 2.73 bits per heavy atom. The summed E-state index contributed by atoms with van der Waals surface area (Å²) in [5, 5.41) is 11.3. The topological polar surface area (TPSA) is 107 Å². The Morgan fingerprint density at radius 2 is 2.09 bits per heavy atom. The second-order valence-corrected chi connectivity index (χ2v) is 5.62. The highest BCUT2D eigenvalue weighted by atomic mass is 16.4. The summed E-state index contributed by atoms with van der Waals surface area (Å²) >= 11 is 0. The molecule has 0 spiro atoms. The van der Waals surface area contributed by atoms with Crippen molar-refractivity contribution in [3.05, 3.63) is 35.7 Å². The molecule has 1 aliphatic carbocycles. The van der Waals surface area contributed by atoms with Crippen LogP contribution in [0, 0.1) is 6.92 Å². The van der Waals surface area contributed by atoms with Crippen LogP contribution in [0.15, 0.2) is 22.7 Å². The van der Waals surface area contributed by atoms with E-state index in [4.69, 9.17) is 10.2 Å². The van der Waals surface area contributed by atoms with Gasteiger partial charge in [0.1, 0.15) is 5.82 Å². The Kier molecular flexibility index (Phi) is 4.04. The van der Waals surface area contributed by atoms with E-state index in [1.807, 2.05) is 0 Å². The normalized spacial score (nSPS) is 21.5. The number of anilines is 1. The molecule has 22 heavy (non-hydrogen) atoms. The van der Waals surface area contributed by atoms with Gasteiger partial charge in [-0.2, -0.15) is 0 Å². The zero-order valence-electron chi connectivity index (χ0n) is 12.5. The third-order valence-corrected chi connectivity index (χ3v) is 4.03. The number of nitrogens with one attached hydrogen (secondary N) is 1. The first-order valence-corrected chi connectivity index (χ1v) is 7.45. The molecule has 3 rings (SSSR count). The number of aryl methyl sites for hydroxylation is 1. The number of hydrogen-bond acceptors (Lipinski definition) is 6. The van der Waals surface area contributed by atoms with E-state index < -0.39 is 5.91 Å². The molecule has 1 saturated carbocycles. The zero-order chi connectivity index (χ0) is 15.5. The number of hydrogen-bond donors (Lipinski definition) is 2. The Hall–Kier alpha value is -2.44. The second kappa shape index (κ2) is 6.13. The first kappa shape index (κ1) is 14.5. The monoisotopic (exact) mass is 301 g/mol. The Labute approximate surface area is 128 Å². The van der Waals surface area contributed by atoms with Gasteiger partial charge in [-0.15, -0.1) is 10.2 Å². The average Bonchev–Trinajstić information content (AvgIpc) is 2.95. The largest absolute Gasteiger partial charge is 0.425 e. The lowest BCUT2D eigenvalue weighted by molar-refractivity contribution is 0.100. The molecule has 7 heteroatoms. The van der Waals surface area contributed by atoms with Crippen molar-refractivity contribution in [3.8, 4) is 0 Å². The molecule has 0 atom stereocenters. The molecule has 0 aliphatic heterocycles. The van der Waals surface area contributed by atoms with Gasteiger partial charge in [0.15, 0.2) is 0 Å². The van der Waals surface area contributed by atoms with Crippen molar-refractivity contribution in [1.82, 2.24) is 15.2 Å². The van der Waals surface area contributed by atoms with Crippen LogP contribution in [-0.2, 0) is 0 Å². The van der Waals surface area contributed by atoms with E-state index in [1.165, 1.54) is 0 Å². The molecule has 2 aromatic rings. The number of carbonyl (C=O) groups excluding carboxylic acids is 1. The third kappa shape index (κ3) is 3.08. The summed E-state index contributed by atoms with van der Waals surface area (Å²) in [5.41, 5.74) is 5.80. The zero-order valence-corrected chi connectivity index (χ0v) is 12.5. The van der Waals surface area contributed by atoms with Crippen molar-refractivity contribution < 1.29 is 9.21 Å². The lowest BCUT2D eigenvalue weighted by atomic mass is 9.86. The van der Waals surface area contributed by atoms with E-state index in [2.05, 4.69) is 20.5 Å². The van der Waals surface area contributed by atoms with Crippen LogP contribution in [-0.4, -0.2) is 27.1 Å². The predicted octanol–water partition coefficient (Wildman–Crippen LogP) is 2.01. The number of nitrogens with zero attached hydrogens (tertiary/aromatic N) is 3. The highest BCUT2D eigenvalue weighted by Gasteiger charge is 2.26. The molecule has 116 valence electrons. The van der Waals surface area contributed by atoms with E-state index in [-0.39, 0.29) is 6.04 Å². The van der Waals surface area contributed by atoms with Crippen molar-refractivity contribution in [2.45, 2.75) is 44.6 Å². The number of amides is 1. The summed E-state index contributed by atoms with van der Waals surface area (Å²) in [4.78, 5) is 15.6. The average molecular weight is 301 g/mol.